The first-order chi connectivity index (χ1) is 19.7. The number of aliphatic carboxylic acids is 1. The first-order valence-electron chi connectivity index (χ1n) is 13.7. The Morgan fingerprint density at radius 2 is 1.51 bits per heavy atom. The number of carboxylic acid groups (broad SMARTS) is 1. The highest BCUT2D eigenvalue weighted by molar-refractivity contribution is 6.21. The maximum atomic E-state index is 13.6. The van der Waals surface area contributed by atoms with Crippen LogP contribution >= 0.6 is 0 Å². The van der Waals surface area contributed by atoms with Crippen LogP contribution in [0.5, 0.6) is 5.75 Å². The third-order valence-corrected chi connectivity index (χ3v) is 6.81. The molecule has 4 rings (SSSR count). The van der Waals surface area contributed by atoms with Crippen LogP contribution in [0.25, 0.3) is 0 Å². The summed E-state index contributed by atoms with van der Waals surface area (Å²) < 4.78 is 5.85. The summed E-state index contributed by atoms with van der Waals surface area (Å²) in [4.78, 5) is 52.8. The molecule has 9 heteroatoms. The summed E-state index contributed by atoms with van der Waals surface area (Å²) in [7, 11) is 0. The van der Waals surface area contributed by atoms with E-state index in [9.17, 15) is 24.3 Å². The molecule has 3 aromatic carbocycles. The predicted octanol–water partition coefficient (Wildman–Crippen LogP) is 4.37. The van der Waals surface area contributed by atoms with E-state index >= 15 is 0 Å². The van der Waals surface area contributed by atoms with Gasteiger partial charge in [0.1, 0.15) is 12.4 Å². The third-order valence-electron chi connectivity index (χ3n) is 6.81. The number of amides is 3. The average Bonchev–Trinajstić information content (AvgIpc) is 3.21. The zero-order valence-corrected chi connectivity index (χ0v) is 23.2. The lowest BCUT2D eigenvalue weighted by atomic mass is 10.0. The van der Waals surface area contributed by atoms with Crippen molar-refractivity contribution in [3.8, 4) is 5.75 Å². The number of benzene rings is 3. The van der Waals surface area contributed by atoms with E-state index in [1.807, 2.05) is 74.5 Å². The largest absolute Gasteiger partial charge is 0.489 e. The fourth-order valence-electron chi connectivity index (χ4n) is 4.76. The molecule has 0 aromatic heterocycles. The maximum absolute atomic E-state index is 13.6. The molecule has 0 radical (unpaired) electrons. The number of imide groups is 1. The highest BCUT2D eigenvalue weighted by Crippen LogP contribution is 2.29. The predicted molar refractivity (Wildman–Crippen MR) is 153 cm³/mol. The molecule has 0 aliphatic carbocycles. The van der Waals surface area contributed by atoms with Crippen molar-refractivity contribution in [2.24, 2.45) is 5.92 Å². The van der Waals surface area contributed by atoms with E-state index in [2.05, 4.69) is 10.6 Å². The Kier molecular flexibility index (Phi) is 9.86. The Balaban J connectivity index is 1.52. The van der Waals surface area contributed by atoms with Gasteiger partial charge in [-0.15, -0.1) is 0 Å². The van der Waals surface area contributed by atoms with Gasteiger partial charge in [-0.3, -0.25) is 29.4 Å². The van der Waals surface area contributed by atoms with Crippen molar-refractivity contribution < 1.29 is 29.0 Å². The van der Waals surface area contributed by atoms with Gasteiger partial charge in [0, 0.05) is 13.0 Å². The van der Waals surface area contributed by atoms with Crippen LogP contribution in [0, 0.1) is 5.92 Å². The quantitative estimate of drug-likeness (QED) is 0.251. The van der Waals surface area contributed by atoms with E-state index in [-0.39, 0.29) is 35.8 Å². The van der Waals surface area contributed by atoms with E-state index in [0.29, 0.717) is 25.3 Å². The molecule has 0 saturated carbocycles. The number of carbonyl (C=O) groups is 4. The van der Waals surface area contributed by atoms with Gasteiger partial charge in [-0.25, -0.2) is 0 Å². The summed E-state index contributed by atoms with van der Waals surface area (Å²) in [6.07, 6.45) is -0.932. The molecule has 9 nitrogen and oxygen atoms in total. The molecule has 0 saturated heterocycles. The van der Waals surface area contributed by atoms with Gasteiger partial charge >= 0.3 is 5.97 Å². The fraction of sp³-hybridized carbons (Fsp3) is 0.312. The van der Waals surface area contributed by atoms with E-state index in [4.69, 9.17) is 4.74 Å². The molecule has 2 atom stereocenters. The Hall–Kier alpha value is -4.50. The van der Waals surface area contributed by atoms with Gasteiger partial charge in [-0.1, -0.05) is 74.5 Å². The van der Waals surface area contributed by atoms with Gasteiger partial charge in [-0.05, 0) is 48.1 Å². The smallest absolute Gasteiger partial charge is 0.303 e. The highest BCUT2D eigenvalue weighted by Gasteiger charge is 2.41. The minimum absolute atomic E-state index is 0.0568. The number of carboxylic acids is 1. The van der Waals surface area contributed by atoms with Crippen LogP contribution in [-0.2, 0) is 22.7 Å². The summed E-state index contributed by atoms with van der Waals surface area (Å²) in [5.74, 6) is -1.93. The molecule has 1 heterocycles. The number of nitrogens with one attached hydrogen (secondary N) is 2. The van der Waals surface area contributed by atoms with Crippen molar-refractivity contribution in [3.63, 3.8) is 0 Å². The van der Waals surface area contributed by atoms with Crippen molar-refractivity contribution >= 4 is 23.7 Å². The SMILES string of the molecule is CC(C)C[C@H](NC(CCC(=O)O)N1C(=O)c2ccc(OCc3ccccc3)cc2C1=O)C(=O)NCc1ccccc1. The van der Waals surface area contributed by atoms with Crippen LogP contribution in [0.2, 0.25) is 0 Å². The lowest BCUT2D eigenvalue weighted by molar-refractivity contribution is -0.137. The first kappa shape index (κ1) is 29.5. The summed E-state index contributed by atoms with van der Waals surface area (Å²) >= 11 is 0. The number of hydrogen-bond donors (Lipinski definition) is 3. The van der Waals surface area contributed by atoms with Gasteiger partial charge in [0.15, 0.2) is 0 Å². The van der Waals surface area contributed by atoms with Crippen molar-refractivity contribution in [3.05, 3.63) is 101 Å². The van der Waals surface area contributed by atoms with Crippen molar-refractivity contribution in [2.45, 2.75) is 58.5 Å². The van der Waals surface area contributed by atoms with Gasteiger partial charge in [0.05, 0.1) is 23.3 Å². The van der Waals surface area contributed by atoms with Crippen LogP contribution in [0.4, 0.5) is 0 Å². The van der Waals surface area contributed by atoms with E-state index in [1.165, 1.54) is 6.07 Å². The standard InChI is InChI=1S/C32H35N3O6/c1-21(2)17-27(30(38)33-19-22-9-5-3-6-10-22)34-28(15-16-29(36)37)35-31(39)25-14-13-24(18-26(25)32(35)40)41-20-23-11-7-4-8-12-23/h3-14,18,21,27-28,34H,15-17,19-20H2,1-2H3,(H,33,38)(H,36,37)/t27-,28?/m0/s1. The van der Waals surface area contributed by atoms with E-state index < -0.39 is 30.0 Å². The van der Waals surface area contributed by atoms with E-state index in [0.717, 1.165) is 16.0 Å². The van der Waals surface area contributed by atoms with Gasteiger partial charge < -0.3 is 15.2 Å². The average molecular weight is 558 g/mol. The Morgan fingerprint density at radius 3 is 2.15 bits per heavy atom. The summed E-state index contributed by atoms with van der Waals surface area (Å²) in [6.45, 7) is 4.53. The maximum Gasteiger partial charge on any atom is 0.303 e. The van der Waals surface area contributed by atoms with Crippen LogP contribution in [0.1, 0.15) is 65.0 Å². The molecule has 1 aliphatic heterocycles. The lowest BCUT2D eigenvalue weighted by Gasteiger charge is -2.31. The zero-order chi connectivity index (χ0) is 29.4. The fourth-order valence-corrected chi connectivity index (χ4v) is 4.76. The molecule has 3 aromatic rings. The Morgan fingerprint density at radius 1 is 0.878 bits per heavy atom. The topological polar surface area (TPSA) is 125 Å². The molecule has 3 amide bonds. The number of rotatable bonds is 14. The van der Waals surface area contributed by atoms with Crippen molar-refractivity contribution in [1.82, 2.24) is 15.5 Å². The van der Waals surface area contributed by atoms with Crippen molar-refractivity contribution in [2.75, 3.05) is 0 Å². The summed E-state index contributed by atoms with van der Waals surface area (Å²) in [5, 5.41) is 15.5. The number of ether oxygens (including phenoxy) is 1. The monoisotopic (exact) mass is 557 g/mol. The highest BCUT2D eigenvalue weighted by atomic mass is 16.5. The zero-order valence-electron chi connectivity index (χ0n) is 23.2. The van der Waals surface area contributed by atoms with Crippen LogP contribution in [-0.4, -0.2) is 45.9 Å². The summed E-state index contributed by atoms with van der Waals surface area (Å²) in [5.41, 5.74) is 2.27. The van der Waals surface area contributed by atoms with Gasteiger partial charge in [-0.2, -0.15) is 0 Å². The van der Waals surface area contributed by atoms with Crippen LogP contribution in [0.15, 0.2) is 78.9 Å². The molecule has 0 spiro atoms. The summed E-state index contributed by atoms with van der Waals surface area (Å²) in [6, 6.07) is 23.0. The molecule has 0 fully saturated rings. The Labute approximate surface area is 239 Å². The van der Waals surface area contributed by atoms with Crippen LogP contribution < -0.4 is 15.4 Å². The lowest BCUT2D eigenvalue weighted by Crippen LogP contribution is -2.56. The number of carbonyl (C=O) groups excluding carboxylic acids is 3. The number of nitrogens with zero attached hydrogens (tertiary/aromatic N) is 1. The second kappa shape index (κ2) is 13.7. The first-order valence-corrected chi connectivity index (χ1v) is 13.7. The second-order valence-electron chi connectivity index (χ2n) is 10.5. The molecule has 41 heavy (non-hydrogen) atoms. The normalized spacial score (nSPS) is 14.1. The molecule has 3 N–H and O–H groups in total. The van der Waals surface area contributed by atoms with Crippen molar-refractivity contribution in [1.29, 1.82) is 0 Å². The Bertz CT molecular complexity index is 1380. The van der Waals surface area contributed by atoms with E-state index in [1.54, 1.807) is 12.1 Å². The molecule has 0 bridgehead atoms. The van der Waals surface area contributed by atoms with Gasteiger partial charge in [0.25, 0.3) is 11.8 Å². The minimum atomic E-state index is -1.07. The minimum Gasteiger partial charge on any atom is -0.489 e. The molecular weight excluding hydrogens is 522 g/mol. The van der Waals surface area contributed by atoms with Crippen LogP contribution in [0.3, 0.4) is 0 Å². The number of fused-ring (bicyclic) bond motifs is 1. The second-order valence-corrected chi connectivity index (χ2v) is 10.5. The molecule has 1 unspecified atom stereocenters. The number of hydrogen-bond acceptors (Lipinski definition) is 6. The molecule has 1 aliphatic rings. The third kappa shape index (κ3) is 7.79. The van der Waals surface area contributed by atoms with Gasteiger partial charge in [0.2, 0.25) is 5.91 Å². The molecular formula is C32H35N3O6. The molecule has 214 valence electrons.